The Hall–Kier alpha value is -1.68. The number of benzene rings is 1. The topological polar surface area (TPSA) is 85.1 Å². The first-order valence-corrected chi connectivity index (χ1v) is 7.76. The van der Waals surface area contributed by atoms with E-state index in [1.165, 1.54) is 0 Å². The number of hydrogen-bond acceptors (Lipinski definition) is 5. The van der Waals surface area contributed by atoms with Crippen LogP contribution in [0.25, 0.3) is 10.2 Å². The van der Waals surface area contributed by atoms with Crippen LogP contribution >= 0.6 is 11.3 Å². The highest BCUT2D eigenvalue weighted by Gasteiger charge is 2.28. The number of nitrogens with zero attached hydrogens (tertiary/aromatic N) is 1. The van der Waals surface area contributed by atoms with Crippen molar-refractivity contribution in [3.05, 3.63) is 18.2 Å². The van der Waals surface area contributed by atoms with Crippen molar-refractivity contribution in [3.8, 4) is 0 Å². The molecule has 2 aromatic rings. The fourth-order valence-corrected chi connectivity index (χ4v) is 3.68. The highest BCUT2D eigenvalue weighted by molar-refractivity contribution is 7.88. The summed E-state index contributed by atoms with van der Waals surface area (Å²) < 4.78 is 48.6. The number of carbonyl (C=O) groups excluding carboxylic acids is 1. The molecular formula is C11H10F3N3O2S2. The van der Waals surface area contributed by atoms with E-state index in [0.717, 1.165) is 11.3 Å². The SMILES string of the molecule is Nc1ccc2nc(S(=O)CC(=O)NCC(F)(F)F)sc2c1. The number of anilines is 1. The molecule has 1 atom stereocenters. The van der Waals surface area contributed by atoms with E-state index in [0.29, 0.717) is 15.9 Å². The molecule has 3 N–H and O–H groups in total. The van der Waals surface area contributed by atoms with Crippen molar-refractivity contribution in [1.82, 2.24) is 10.3 Å². The van der Waals surface area contributed by atoms with E-state index in [1.807, 2.05) is 0 Å². The molecule has 0 aliphatic rings. The zero-order chi connectivity index (χ0) is 15.6. The molecule has 5 nitrogen and oxygen atoms in total. The molecule has 1 heterocycles. The summed E-state index contributed by atoms with van der Waals surface area (Å²) in [5, 5.41) is 1.67. The van der Waals surface area contributed by atoms with Crippen LogP contribution in [0.4, 0.5) is 18.9 Å². The summed E-state index contributed by atoms with van der Waals surface area (Å²) >= 11 is 1.09. The van der Waals surface area contributed by atoms with Crippen molar-refractivity contribution in [1.29, 1.82) is 0 Å². The maximum atomic E-state index is 11.9. The number of thiazole rings is 1. The minimum absolute atomic E-state index is 0.178. The molecule has 0 fully saturated rings. The first-order chi connectivity index (χ1) is 9.74. The summed E-state index contributed by atoms with van der Waals surface area (Å²) in [4.78, 5) is 15.4. The van der Waals surface area contributed by atoms with Crippen LogP contribution in [-0.4, -0.2) is 33.6 Å². The Morgan fingerprint density at radius 1 is 1.43 bits per heavy atom. The minimum atomic E-state index is -4.50. The van der Waals surface area contributed by atoms with Gasteiger partial charge in [0.1, 0.15) is 12.3 Å². The van der Waals surface area contributed by atoms with Gasteiger partial charge in [-0.15, -0.1) is 11.3 Å². The van der Waals surface area contributed by atoms with Crippen molar-refractivity contribution in [2.24, 2.45) is 0 Å². The zero-order valence-electron chi connectivity index (χ0n) is 10.4. The van der Waals surface area contributed by atoms with Crippen LogP contribution in [-0.2, 0) is 15.6 Å². The Labute approximate surface area is 123 Å². The van der Waals surface area contributed by atoms with E-state index in [2.05, 4.69) is 4.98 Å². The molecule has 1 unspecified atom stereocenters. The third-order valence-corrected chi connectivity index (χ3v) is 4.96. The molecule has 2 rings (SSSR count). The van der Waals surface area contributed by atoms with Crippen molar-refractivity contribution < 1.29 is 22.2 Å². The van der Waals surface area contributed by atoms with Crippen LogP contribution in [0.3, 0.4) is 0 Å². The molecule has 21 heavy (non-hydrogen) atoms. The Morgan fingerprint density at radius 2 is 2.14 bits per heavy atom. The van der Waals surface area contributed by atoms with Gasteiger partial charge >= 0.3 is 6.18 Å². The molecule has 0 bridgehead atoms. The van der Waals surface area contributed by atoms with Gasteiger partial charge in [0.2, 0.25) is 5.91 Å². The highest BCUT2D eigenvalue weighted by atomic mass is 32.2. The molecule has 0 radical (unpaired) electrons. The van der Waals surface area contributed by atoms with E-state index in [-0.39, 0.29) is 4.34 Å². The number of nitrogens with two attached hydrogens (primary N) is 1. The Morgan fingerprint density at radius 3 is 2.81 bits per heavy atom. The largest absolute Gasteiger partial charge is 0.405 e. The Bertz CT molecular complexity index is 700. The number of rotatable bonds is 4. The summed E-state index contributed by atoms with van der Waals surface area (Å²) in [6.07, 6.45) is -4.50. The van der Waals surface area contributed by atoms with E-state index in [9.17, 15) is 22.2 Å². The van der Waals surface area contributed by atoms with Crippen LogP contribution in [0.2, 0.25) is 0 Å². The molecule has 0 saturated carbocycles. The van der Waals surface area contributed by atoms with Gasteiger partial charge in [-0.1, -0.05) is 0 Å². The number of fused-ring (bicyclic) bond motifs is 1. The monoisotopic (exact) mass is 337 g/mol. The summed E-state index contributed by atoms with van der Waals surface area (Å²) in [6.45, 7) is -1.45. The Kier molecular flexibility index (Phi) is 4.47. The lowest BCUT2D eigenvalue weighted by molar-refractivity contribution is -0.136. The normalized spacial score (nSPS) is 13.3. The van der Waals surface area contributed by atoms with E-state index in [4.69, 9.17) is 5.73 Å². The van der Waals surface area contributed by atoms with E-state index >= 15 is 0 Å². The fraction of sp³-hybridized carbons (Fsp3) is 0.273. The van der Waals surface area contributed by atoms with Gasteiger partial charge in [-0.05, 0) is 18.2 Å². The van der Waals surface area contributed by atoms with Crippen LogP contribution < -0.4 is 11.1 Å². The smallest absolute Gasteiger partial charge is 0.399 e. The molecule has 0 saturated heterocycles. The number of amides is 1. The van der Waals surface area contributed by atoms with Gasteiger partial charge in [0.15, 0.2) is 4.34 Å². The maximum Gasteiger partial charge on any atom is 0.405 e. The van der Waals surface area contributed by atoms with E-state index in [1.54, 1.807) is 23.5 Å². The minimum Gasteiger partial charge on any atom is -0.399 e. The van der Waals surface area contributed by atoms with Crippen molar-refractivity contribution in [2.45, 2.75) is 10.5 Å². The molecule has 0 spiro atoms. The Balaban J connectivity index is 2.03. The van der Waals surface area contributed by atoms with Crippen LogP contribution in [0.15, 0.2) is 22.5 Å². The number of nitrogens with one attached hydrogen (secondary N) is 1. The number of carbonyl (C=O) groups is 1. The van der Waals surface area contributed by atoms with Crippen molar-refractivity contribution >= 4 is 43.9 Å². The lowest BCUT2D eigenvalue weighted by Gasteiger charge is -2.07. The molecule has 0 aliphatic carbocycles. The predicted molar refractivity (Wildman–Crippen MR) is 74.4 cm³/mol. The molecule has 10 heteroatoms. The molecule has 114 valence electrons. The zero-order valence-corrected chi connectivity index (χ0v) is 12.1. The number of hydrogen-bond donors (Lipinski definition) is 2. The molecule has 1 aromatic heterocycles. The first-order valence-electron chi connectivity index (χ1n) is 5.62. The summed E-state index contributed by atoms with van der Waals surface area (Å²) in [7, 11) is -1.79. The number of aromatic nitrogens is 1. The van der Waals surface area contributed by atoms with Crippen molar-refractivity contribution in [3.63, 3.8) is 0 Å². The molecular weight excluding hydrogens is 327 g/mol. The molecule has 1 amide bonds. The number of halogens is 3. The van der Waals surface area contributed by atoms with Gasteiger partial charge in [0, 0.05) is 5.69 Å². The second-order valence-corrected chi connectivity index (χ2v) is 6.74. The lowest BCUT2D eigenvalue weighted by Crippen LogP contribution is -2.36. The highest BCUT2D eigenvalue weighted by Crippen LogP contribution is 2.26. The van der Waals surface area contributed by atoms with Gasteiger partial charge in [0.05, 0.1) is 21.0 Å². The van der Waals surface area contributed by atoms with Crippen LogP contribution in [0.5, 0.6) is 0 Å². The second-order valence-electron chi connectivity index (χ2n) is 4.09. The van der Waals surface area contributed by atoms with E-state index < -0.39 is 35.2 Å². The van der Waals surface area contributed by atoms with Gasteiger partial charge in [-0.25, -0.2) is 4.98 Å². The lowest BCUT2D eigenvalue weighted by atomic mass is 10.3. The number of nitrogen functional groups attached to an aromatic ring is 1. The van der Waals surface area contributed by atoms with Crippen LogP contribution in [0.1, 0.15) is 0 Å². The molecule has 0 aliphatic heterocycles. The van der Waals surface area contributed by atoms with Gasteiger partial charge < -0.3 is 11.1 Å². The first kappa shape index (κ1) is 15.7. The van der Waals surface area contributed by atoms with Gasteiger partial charge in [-0.2, -0.15) is 13.2 Å². The standard InChI is InChI=1S/C11H10F3N3O2S2/c12-11(13,14)5-16-9(18)4-21(19)10-17-7-2-1-6(15)3-8(7)20-10/h1-3H,4-5,15H2,(H,16,18). The third kappa shape index (κ3) is 4.39. The average molecular weight is 337 g/mol. The third-order valence-electron chi connectivity index (χ3n) is 2.34. The average Bonchev–Trinajstić information content (AvgIpc) is 2.78. The quantitative estimate of drug-likeness (QED) is 0.831. The number of alkyl halides is 3. The maximum absolute atomic E-state index is 11.9. The van der Waals surface area contributed by atoms with Crippen LogP contribution in [0, 0.1) is 0 Å². The summed E-state index contributed by atoms with van der Waals surface area (Å²) in [5.74, 6) is -1.50. The molecule has 1 aromatic carbocycles. The summed E-state index contributed by atoms with van der Waals surface area (Å²) in [6, 6.07) is 4.92. The van der Waals surface area contributed by atoms with Gasteiger partial charge in [0.25, 0.3) is 0 Å². The summed E-state index contributed by atoms with van der Waals surface area (Å²) in [5.41, 5.74) is 6.70. The van der Waals surface area contributed by atoms with Crippen molar-refractivity contribution in [2.75, 3.05) is 18.0 Å². The predicted octanol–water partition coefficient (Wildman–Crippen LogP) is 1.66. The van der Waals surface area contributed by atoms with Gasteiger partial charge in [-0.3, -0.25) is 9.00 Å². The fourth-order valence-electron chi connectivity index (χ4n) is 1.45. The second kappa shape index (κ2) is 5.98.